The van der Waals surface area contributed by atoms with Crippen molar-refractivity contribution in [1.82, 2.24) is 9.88 Å². The monoisotopic (exact) mass is 954 g/mol. The van der Waals surface area contributed by atoms with Crippen LogP contribution >= 0.6 is 0 Å². The quantitative estimate of drug-likeness (QED) is 0.111. The zero-order valence-corrected chi connectivity index (χ0v) is 34.8. The van der Waals surface area contributed by atoms with Gasteiger partial charge in [-0.15, -0.1) is 41.5 Å². The summed E-state index contributed by atoms with van der Waals surface area (Å²) in [6.45, 7) is 1.90. The average molecular weight is 955 g/mol. The van der Waals surface area contributed by atoms with Gasteiger partial charge in [-0.05, 0) is 91.6 Å². The normalized spacial score (nSPS) is 13.3. The Bertz CT molecular complexity index is 2810. The van der Waals surface area contributed by atoms with Crippen molar-refractivity contribution < 1.29 is 25.8 Å². The van der Waals surface area contributed by atoms with Crippen LogP contribution in [0.4, 0.5) is 57.0 Å². The second-order valence-corrected chi connectivity index (χ2v) is 14.7. The standard InChI is InChI=1S/C51H36BN6O.Pt/c1-54-30-31-55(36-54)40-22-15-23-42(32-40)59-43-27-28-45-47(35-43)58(50-26-13-14-29-53-50)49-34-41(56(37-16-5-2-6-17-37)38-18-7-3-8-19-38)33-48-51(49)52(45)44-24-11-12-25-46(44)57(48)39-20-9-4-10-21-39;/h2-31,33-34,36H,1H3;/q-3;. The van der Waals surface area contributed by atoms with Crippen molar-refractivity contribution in [3.63, 3.8) is 0 Å². The Labute approximate surface area is 365 Å². The van der Waals surface area contributed by atoms with Crippen molar-refractivity contribution in [2.45, 2.75) is 0 Å². The molecule has 0 amide bonds. The summed E-state index contributed by atoms with van der Waals surface area (Å²) in [6, 6.07) is 68.7. The summed E-state index contributed by atoms with van der Waals surface area (Å²) in [5.74, 6) is 1.97. The van der Waals surface area contributed by atoms with Crippen LogP contribution < -0.4 is 40.7 Å². The van der Waals surface area contributed by atoms with Crippen LogP contribution in [0.2, 0.25) is 0 Å². The summed E-state index contributed by atoms with van der Waals surface area (Å²) in [5, 5.41) is 0. The number of hydrogen-bond donors (Lipinski definition) is 0. The molecule has 0 N–H and O–H groups in total. The maximum absolute atomic E-state index is 6.62. The van der Waals surface area contributed by atoms with Gasteiger partial charge in [0.15, 0.2) is 6.71 Å². The van der Waals surface area contributed by atoms with Gasteiger partial charge in [0.2, 0.25) is 0 Å². The van der Waals surface area contributed by atoms with Gasteiger partial charge in [-0.3, -0.25) is 0 Å². The number of rotatable bonds is 8. The van der Waals surface area contributed by atoms with E-state index < -0.39 is 0 Å². The number of nitrogens with zero attached hydrogens (tertiary/aromatic N) is 6. The number of para-hydroxylation sites is 4. The van der Waals surface area contributed by atoms with Gasteiger partial charge in [0.1, 0.15) is 5.82 Å². The molecule has 3 aliphatic heterocycles. The number of hydrogen-bond acceptors (Lipinski definition) is 7. The Morgan fingerprint density at radius 2 is 1.25 bits per heavy atom. The largest absolute Gasteiger partial charge is 0.510 e. The van der Waals surface area contributed by atoms with Gasteiger partial charge < -0.3 is 29.2 Å². The predicted molar refractivity (Wildman–Crippen MR) is 241 cm³/mol. The van der Waals surface area contributed by atoms with E-state index in [1.165, 1.54) is 10.9 Å². The van der Waals surface area contributed by atoms with Crippen LogP contribution in [0.25, 0.3) is 0 Å². The molecular weight excluding hydrogens is 918 g/mol. The Kier molecular flexibility index (Phi) is 9.71. The molecule has 0 aliphatic carbocycles. The van der Waals surface area contributed by atoms with E-state index in [0.717, 1.165) is 62.5 Å². The minimum absolute atomic E-state index is 0. The molecule has 4 heterocycles. The van der Waals surface area contributed by atoms with Crippen molar-refractivity contribution in [2.75, 3.05) is 26.6 Å². The Morgan fingerprint density at radius 1 is 0.583 bits per heavy atom. The van der Waals surface area contributed by atoms with E-state index in [2.05, 4.69) is 166 Å². The van der Waals surface area contributed by atoms with Gasteiger partial charge in [-0.1, -0.05) is 90.0 Å². The van der Waals surface area contributed by atoms with Crippen LogP contribution in [0.3, 0.4) is 0 Å². The van der Waals surface area contributed by atoms with Crippen LogP contribution in [0.15, 0.2) is 195 Å². The Morgan fingerprint density at radius 3 is 1.95 bits per heavy atom. The summed E-state index contributed by atoms with van der Waals surface area (Å²) in [7, 11) is 2.00. The van der Waals surface area contributed by atoms with Crippen molar-refractivity contribution in [2.24, 2.45) is 0 Å². The molecule has 0 fully saturated rings. The smallest absolute Gasteiger partial charge is 0.186 e. The molecular formula is C51H36BN6OPt-3. The Balaban J connectivity index is 0.00000433. The summed E-state index contributed by atoms with van der Waals surface area (Å²) in [4.78, 5) is 16.0. The molecule has 8 aromatic rings. The topological polar surface area (TPSA) is 38.3 Å². The maximum atomic E-state index is 6.62. The van der Waals surface area contributed by atoms with Gasteiger partial charge in [0, 0.05) is 72.9 Å². The number of pyridine rings is 1. The molecule has 0 atom stereocenters. The van der Waals surface area contributed by atoms with Crippen molar-refractivity contribution in [3.8, 4) is 11.5 Å². The van der Waals surface area contributed by atoms with E-state index in [1.807, 2.05) is 78.5 Å². The molecule has 0 saturated carbocycles. The molecule has 7 nitrogen and oxygen atoms in total. The molecule has 0 bridgehead atoms. The van der Waals surface area contributed by atoms with Gasteiger partial charge in [-0.25, -0.2) is 4.98 Å². The molecule has 11 rings (SSSR count). The van der Waals surface area contributed by atoms with E-state index in [1.54, 1.807) is 0 Å². The molecule has 0 radical (unpaired) electrons. The van der Waals surface area contributed by atoms with E-state index in [9.17, 15) is 0 Å². The third-order valence-electron chi connectivity index (χ3n) is 11.0. The fraction of sp³-hybridized carbons (Fsp3) is 0.0196. The average Bonchev–Trinajstić information content (AvgIpc) is 3.74. The van der Waals surface area contributed by atoms with E-state index >= 15 is 0 Å². The maximum Gasteiger partial charge on any atom is 0.186 e. The van der Waals surface area contributed by atoms with Crippen LogP contribution in [-0.4, -0.2) is 23.6 Å². The number of benzene rings is 7. The van der Waals surface area contributed by atoms with Crippen molar-refractivity contribution in [3.05, 3.63) is 213 Å². The number of aromatic nitrogens is 1. The summed E-state index contributed by atoms with van der Waals surface area (Å²) in [6.07, 6.45) is 5.86. The third-order valence-corrected chi connectivity index (χ3v) is 11.0. The van der Waals surface area contributed by atoms with Gasteiger partial charge >= 0.3 is 0 Å². The SMILES string of the molecule is CN1C=CN(c2[c-]c(Oc3[c-]c4c(cc3)B3c5ccccc5N(c5ccccc5)c5cc(N(c6ccccc6)c6ccccc6)cc(c53)N4c3ccccn3)ccc2)[CH-]1.[Pt]. The Hall–Kier alpha value is -7.02. The minimum atomic E-state index is -0.100. The zero-order valence-electron chi connectivity index (χ0n) is 32.5. The van der Waals surface area contributed by atoms with Crippen LogP contribution in [0.1, 0.15) is 0 Å². The molecule has 60 heavy (non-hydrogen) atoms. The summed E-state index contributed by atoms with van der Waals surface area (Å²) < 4.78 is 6.62. The van der Waals surface area contributed by atoms with E-state index in [-0.39, 0.29) is 27.8 Å². The summed E-state index contributed by atoms with van der Waals surface area (Å²) in [5.41, 5.74) is 12.7. The van der Waals surface area contributed by atoms with Crippen LogP contribution in [0, 0.1) is 18.8 Å². The first-order valence-electron chi connectivity index (χ1n) is 19.7. The molecule has 7 aromatic carbocycles. The second-order valence-electron chi connectivity index (χ2n) is 14.7. The molecule has 3 aliphatic rings. The minimum Gasteiger partial charge on any atom is -0.510 e. The van der Waals surface area contributed by atoms with E-state index in [4.69, 9.17) is 9.72 Å². The van der Waals surface area contributed by atoms with Crippen molar-refractivity contribution >= 4 is 80.1 Å². The first-order chi connectivity index (χ1) is 29.2. The van der Waals surface area contributed by atoms with Crippen molar-refractivity contribution in [1.29, 1.82) is 0 Å². The van der Waals surface area contributed by atoms with Gasteiger partial charge in [0.25, 0.3) is 0 Å². The molecule has 9 heteroatoms. The number of ether oxygens (including phenoxy) is 1. The number of fused-ring (bicyclic) bond motifs is 4. The third kappa shape index (κ3) is 6.50. The number of anilines is 10. The van der Waals surface area contributed by atoms with E-state index in [0.29, 0.717) is 11.5 Å². The van der Waals surface area contributed by atoms with Crippen LogP contribution in [-0.2, 0) is 21.1 Å². The fourth-order valence-corrected chi connectivity index (χ4v) is 8.56. The molecule has 292 valence electrons. The molecule has 0 spiro atoms. The zero-order chi connectivity index (χ0) is 39.3. The summed E-state index contributed by atoms with van der Waals surface area (Å²) >= 11 is 0. The van der Waals surface area contributed by atoms with Gasteiger partial charge in [0.05, 0.1) is 5.69 Å². The van der Waals surface area contributed by atoms with Crippen LogP contribution in [0.5, 0.6) is 11.5 Å². The first-order valence-corrected chi connectivity index (χ1v) is 19.7. The van der Waals surface area contributed by atoms with Gasteiger partial charge in [-0.2, -0.15) is 18.8 Å². The predicted octanol–water partition coefficient (Wildman–Crippen LogP) is 10.4. The molecule has 0 unspecified atom stereocenters. The molecule has 0 saturated heterocycles. The first kappa shape index (κ1) is 37.3. The molecule has 1 aromatic heterocycles. The fourth-order valence-electron chi connectivity index (χ4n) is 8.56. The second kappa shape index (κ2) is 15.6.